The van der Waals surface area contributed by atoms with E-state index in [0.29, 0.717) is 11.7 Å². The molecule has 0 spiro atoms. The Kier molecular flexibility index (Phi) is 3.44. The first kappa shape index (κ1) is 12.1. The van der Waals surface area contributed by atoms with Crippen LogP contribution in [0.5, 0.6) is 0 Å². The Labute approximate surface area is 99.8 Å². The molecule has 1 aromatic rings. The Morgan fingerprint density at radius 1 is 1.76 bits per heavy atom. The van der Waals surface area contributed by atoms with Crippen LogP contribution in [0.4, 0.5) is 0 Å². The lowest BCUT2D eigenvalue weighted by atomic mass is 9.96. The van der Waals surface area contributed by atoms with Gasteiger partial charge < -0.3 is 20.7 Å². The molecular weight excluding hydrogens is 220 g/mol. The van der Waals surface area contributed by atoms with Crippen molar-refractivity contribution in [2.24, 2.45) is 5.73 Å². The van der Waals surface area contributed by atoms with Gasteiger partial charge in [0.25, 0.3) is 0 Å². The number of aromatic nitrogens is 2. The van der Waals surface area contributed by atoms with Gasteiger partial charge in [-0.3, -0.25) is 4.79 Å². The highest BCUT2D eigenvalue weighted by molar-refractivity contribution is 5.73. The molecule has 6 nitrogen and oxygen atoms in total. The minimum absolute atomic E-state index is 0.334. The van der Waals surface area contributed by atoms with Crippen molar-refractivity contribution in [2.45, 2.75) is 24.8 Å². The number of nitrogens with two attached hydrogens (primary N) is 1. The van der Waals surface area contributed by atoms with Crippen LogP contribution in [0.1, 0.15) is 36.3 Å². The number of nitrogens with one attached hydrogen (secondary N) is 1. The lowest BCUT2D eigenvalue weighted by Gasteiger charge is -2.28. The summed E-state index contributed by atoms with van der Waals surface area (Å²) in [5, 5.41) is 8.80. The van der Waals surface area contributed by atoms with Crippen LogP contribution in [0.2, 0.25) is 0 Å². The van der Waals surface area contributed by atoms with Crippen molar-refractivity contribution in [3.8, 4) is 0 Å². The predicted octanol–water partition coefficient (Wildman–Crippen LogP) is 0.303. The van der Waals surface area contributed by atoms with Gasteiger partial charge in [0.05, 0.1) is 0 Å². The molecule has 2 unspecified atom stereocenters. The van der Waals surface area contributed by atoms with Crippen molar-refractivity contribution in [3.05, 3.63) is 17.7 Å². The summed E-state index contributed by atoms with van der Waals surface area (Å²) in [6, 6.07) is -1.06. The van der Waals surface area contributed by atoms with Crippen LogP contribution in [0.3, 0.4) is 0 Å². The van der Waals surface area contributed by atoms with Gasteiger partial charge in [-0.1, -0.05) is 0 Å². The highest BCUT2D eigenvalue weighted by Gasteiger charge is 2.23. The minimum Gasteiger partial charge on any atom is -0.480 e. The summed E-state index contributed by atoms with van der Waals surface area (Å²) in [6.07, 6.45) is 3.97. The van der Waals surface area contributed by atoms with Gasteiger partial charge in [-0.25, -0.2) is 4.98 Å². The highest BCUT2D eigenvalue weighted by Crippen LogP contribution is 2.25. The number of piperidine rings is 1. The predicted molar refractivity (Wildman–Crippen MR) is 62.6 cm³/mol. The first-order chi connectivity index (χ1) is 8.08. The lowest BCUT2D eigenvalue weighted by molar-refractivity contribution is -0.138. The van der Waals surface area contributed by atoms with Gasteiger partial charge in [0.1, 0.15) is 5.82 Å². The minimum atomic E-state index is -1.06. The van der Waals surface area contributed by atoms with Crippen LogP contribution in [-0.2, 0) is 4.79 Å². The largest absolute Gasteiger partial charge is 0.480 e. The topological polar surface area (TPSA) is 95.2 Å². The van der Waals surface area contributed by atoms with Crippen molar-refractivity contribution < 1.29 is 9.90 Å². The van der Waals surface area contributed by atoms with E-state index < -0.39 is 12.0 Å². The number of nitrogens with zero attached hydrogens (tertiary/aromatic N) is 2. The Hall–Kier alpha value is -1.40. The molecular formula is C11H18N4O2. The maximum atomic E-state index is 10.7. The number of likely N-dealkylation sites (N-methyl/N-ethyl adjacent to an activating group) is 1. The first-order valence-corrected chi connectivity index (χ1v) is 5.79. The van der Waals surface area contributed by atoms with E-state index >= 15 is 0 Å². The molecule has 2 atom stereocenters. The van der Waals surface area contributed by atoms with Crippen LogP contribution in [0.15, 0.2) is 6.20 Å². The Bertz CT molecular complexity index is 404. The molecule has 0 radical (unpaired) electrons. The van der Waals surface area contributed by atoms with Crippen molar-refractivity contribution >= 4 is 5.97 Å². The van der Waals surface area contributed by atoms with E-state index in [-0.39, 0.29) is 0 Å². The van der Waals surface area contributed by atoms with Gasteiger partial charge in [-0.2, -0.15) is 0 Å². The molecule has 1 aliphatic heterocycles. The molecule has 6 heteroatoms. The number of carboxylic acid groups (broad SMARTS) is 1. The van der Waals surface area contributed by atoms with Gasteiger partial charge >= 0.3 is 5.97 Å². The summed E-state index contributed by atoms with van der Waals surface area (Å²) in [6.45, 7) is 2.09. The van der Waals surface area contributed by atoms with Crippen LogP contribution in [0, 0.1) is 0 Å². The molecule has 1 aromatic heterocycles. The van der Waals surface area contributed by atoms with Crippen molar-refractivity contribution in [1.82, 2.24) is 14.9 Å². The summed E-state index contributed by atoms with van der Waals surface area (Å²) < 4.78 is 0. The number of aromatic amines is 1. The van der Waals surface area contributed by atoms with E-state index in [4.69, 9.17) is 10.8 Å². The lowest BCUT2D eigenvalue weighted by Crippen LogP contribution is -2.31. The summed E-state index contributed by atoms with van der Waals surface area (Å²) in [5.41, 5.74) is 6.49. The molecule has 2 heterocycles. The van der Waals surface area contributed by atoms with E-state index in [9.17, 15) is 4.79 Å². The number of H-pyrrole nitrogens is 1. The van der Waals surface area contributed by atoms with Crippen molar-refractivity contribution in [2.75, 3.05) is 20.1 Å². The second-order valence-electron chi connectivity index (χ2n) is 4.64. The zero-order valence-electron chi connectivity index (χ0n) is 9.89. The molecule has 17 heavy (non-hydrogen) atoms. The monoisotopic (exact) mass is 238 g/mol. The van der Waals surface area contributed by atoms with E-state index in [1.807, 2.05) is 0 Å². The molecule has 0 aromatic carbocycles. The highest BCUT2D eigenvalue weighted by atomic mass is 16.4. The normalized spacial score (nSPS) is 23.5. The zero-order chi connectivity index (χ0) is 12.4. The SMILES string of the molecule is CN1CCCC(c2cnc(C(N)C(=O)O)[nH]2)C1. The number of hydrogen-bond donors (Lipinski definition) is 3. The fraction of sp³-hybridized carbons (Fsp3) is 0.636. The van der Waals surface area contributed by atoms with E-state index in [1.54, 1.807) is 6.20 Å². The molecule has 94 valence electrons. The summed E-state index contributed by atoms with van der Waals surface area (Å²) in [5.74, 6) is -0.330. The van der Waals surface area contributed by atoms with Gasteiger partial charge in [0.15, 0.2) is 6.04 Å². The second-order valence-corrected chi connectivity index (χ2v) is 4.64. The number of hydrogen-bond acceptors (Lipinski definition) is 4. The molecule has 2 rings (SSSR count). The molecule has 4 N–H and O–H groups in total. The average Bonchev–Trinajstić information content (AvgIpc) is 2.77. The summed E-state index contributed by atoms with van der Waals surface area (Å²) in [4.78, 5) is 20.1. The third-order valence-electron chi connectivity index (χ3n) is 3.24. The van der Waals surface area contributed by atoms with Gasteiger partial charge in [-0.15, -0.1) is 0 Å². The van der Waals surface area contributed by atoms with E-state index in [0.717, 1.165) is 31.6 Å². The van der Waals surface area contributed by atoms with Crippen LogP contribution in [0.25, 0.3) is 0 Å². The molecule has 1 fully saturated rings. The first-order valence-electron chi connectivity index (χ1n) is 5.79. The Morgan fingerprint density at radius 2 is 2.53 bits per heavy atom. The number of carboxylic acids is 1. The number of likely N-dealkylation sites (tertiary alicyclic amines) is 1. The number of rotatable bonds is 3. The van der Waals surface area contributed by atoms with Crippen LogP contribution >= 0.6 is 0 Å². The standard InChI is InChI=1S/C11H18N4O2/c1-15-4-2-3-7(6-15)8-5-13-10(14-8)9(12)11(16)17/h5,7,9H,2-4,6,12H2,1H3,(H,13,14)(H,16,17). The molecule has 0 amide bonds. The third kappa shape index (κ3) is 2.65. The molecule has 0 bridgehead atoms. The van der Waals surface area contributed by atoms with Gasteiger partial charge in [0.2, 0.25) is 0 Å². The van der Waals surface area contributed by atoms with Crippen molar-refractivity contribution in [3.63, 3.8) is 0 Å². The van der Waals surface area contributed by atoms with Gasteiger partial charge in [0, 0.05) is 24.4 Å². The average molecular weight is 238 g/mol. The zero-order valence-corrected chi connectivity index (χ0v) is 9.89. The molecule has 0 aliphatic carbocycles. The maximum absolute atomic E-state index is 10.7. The number of carbonyl (C=O) groups is 1. The molecule has 1 saturated heterocycles. The molecule has 0 saturated carbocycles. The fourth-order valence-corrected chi connectivity index (χ4v) is 2.25. The molecule has 1 aliphatic rings. The van der Waals surface area contributed by atoms with E-state index in [2.05, 4.69) is 21.9 Å². The van der Waals surface area contributed by atoms with Crippen LogP contribution < -0.4 is 5.73 Å². The third-order valence-corrected chi connectivity index (χ3v) is 3.24. The Morgan fingerprint density at radius 3 is 3.18 bits per heavy atom. The van der Waals surface area contributed by atoms with Crippen LogP contribution in [-0.4, -0.2) is 46.1 Å². The Balaban J connectivity index is 2.09. The maximum Gasteiger partial charge on any atom is 0.328 e. The summed E-state index contributed by atoms with van der Waals surface area (Å²) in [7, 11) is 2.09. The second kappa shape index (κ2) is 4.85. The number of imidazole rings is 1. The smallest absolute Gasteiger partial charge is 0.328 e. The fourth-order valence-electron chi connectivity index (χ4n) is 2.25. The quantitative estimate of drug-likeness (QED) is 0.704. The summed E-state index contributed by atoms with van der Waals surface area (Å²) >= 11 is 0. The van der Waals surface area contributed by atoms with Crippen molar-refractivity contribution in [1.29, 1.82) is 0 Å². The van der Waals surface area contributed by atoms with Gasteiger partial charge in [-0.05, 0) is 26.4 Å². The van der Waals surface area contributed by atoms with E-state index in [1.165, 1.54) is 0 Å². The number of aliphatic carboxylic acids is 1.